The van der Waals surface area contributed by atoms with Crippen LogP contribution in [0.25, 0.3) is 11.1 Å². The molecule has 3 fully saturated rings. The number of nitrogens with two attached hydrogens (primary N) is 2. The first-order valence-electron chi connectivity index (χ1n) is 16.0. The predicted octanol–water partition coefficient (Wildman–Crippen LogP) is 3.02. The number of aliphatic imine (C=N–C) groups is 1. The van der Waals surface area contributed by atoms with Gasteiger partial charge in [0.2, 0.25) is 0 Å². The van der Waals surface area contributed by atoms with Gasteiger partial charge in [-0.25, -0.2) is 4.98 Å². The summed E-state index contributed by atoms with van der Waals surface area (Å²) in [6, 6.07) is 12.2. The van der Waals surface area contributed by atoms with Gasteiger partial charge >= 0.3 is 0 Å². The third-order valence-electron chi connectivity index (χ3n) is 9.80. The van der Waals surface area contributed by atoms with Crippen LogP contribution < -0.4 is 21.7 Å². The summed E-state index contributed by atoms with van der Waals surface area (Å²) >= 11 is 0. The first kappa shape index (κ1) is 30.8. The number of fused-ring (bicyclic) bond motifs is 3. The number of benzene rings is 1. The molecule has 0 aliphatic carbocycles. The number of hydrogen-bond donors (Lipinski definition) is 4. The SMILES string of the molecule is CCC1c2c(cnn2C2CN(Cc3cccc(C(=O)N4CC5(COC5)C4)n3)C2)-c2cccc(NC(=C/C(N)=NC)/C(N)=C\O)c2N1C. The number of aliphatic hydroxyl groups is 1. The van der Waals surface area contributed by atoms with Gasteiger partial charge in [0.15, 0.2) is 0 Å². The molecule has 0 bridgehead atoms. The highest BCUT2D eigenvalue weighted by atomic mass is 16.5. The first-order chi connectivity index (χ1) is 22.7. The molecular formula is C34H42N10O3. The average molecular weight is 639 g/mol. The standard InChI is InChI=1S/C34H42N10O3/c1-4-29-32-24(23-8-6-9-26(31(23)41(29)3)40-28(25(35)16-45)11-30(36)37-2)12-38-44(32)22-14-42(15-22)13-21-7-5-10-27(39-21)33(46)43-17-34(18-43)19-47-20-34/h5-12,16,22,29,40,45H,4,13-15,17-20,35H2,1-3H3,(H2,36,37)/b25-16+,28-11+. The number of likely N-dealkylation sites (tertiary alicyclic amines) is 2. The van der Waals surface area contributed by atoms with Crippen LogP contribution in [0.3, 0.4) is 0 Å². The quantitative estimate of drug-likeness (QED) is 0.119. The average Bonchev–Trinajstić information content (AvgIpc) is 3.45. The van der Waals surface area contributed by atoms with E-state index in [4.69, 9.17) is 26.3 Å². The van der Waals surface area contributed by atoms with Crippen molar-refractivity contribution in [2.45, 2.75) is 32.0 Å². The Morgan fingerprint density at radius 1 is 1.17 bits per heavy atom. The van der Waals surface area contributed by atoms with Gasteiger partial charge in [0.05, 0.1) is 71.1 Å². The monoisotopic (exact) mass is 638 g/mol. The lowest BCUT2D eigenvalue weighted by atomic mass is 9.78. The van der Waals surface area contributed by atoms with Crippen molar-refractivity contribution in [1.82, 2.24) is 24.6 Å². The Morgan fingerprint density at radius 3 is 2.62 bits per heavy atom. The third kappa shape index (κ3) is 5.38. The second-order valence-corrected chi connectivity index (χ2v) is 13.1. The Morgan fingerprint density at radius 2 is 1.94 bits per heavy atom. The second kappa shape index (κ2) is 12.0. The first-order valence-corrected chi connectivity index (χ1v) is 16.0. The molecule has 0 saturated carbocycles. The van der Waals surface area contributed by atoms with E-state index in [0.717, 1.165) is 80.3 Å². The molecule has 47 heavy (non-hydrogen) atoms. The molecule has 0 radical (unpaired) electrons. The maximum atomic E-state index is 13.0. The van der Waals surface area contributed by atoms with Crippen LogP contribution in [0.15, 0.2) is 71.3 Å². The highest BCUT2D eigenvalue weighted by Crippen LogP contribution is 2.49. The molecule has 13 heteroatoms. The Hall–Kier alpha value is -4.88. The van der Waals surface area contributed by atoms with E-state index in [1.807, 2.05) is 41.4 Å². The van der Waals surface area contributed by atoms with Gasteiger partial charge in [-0.05, 0) is 24.6 Å². The second-order valence-electron chi connectivity index (χ2n) is 13.1. The summed E-state index contributed by atoms with van der Waals surface area (Å²) in [6.07, 6.45) is 5.30. The summed E-state index contributed by atoms with van der Waals surface area (Å²) in [5.41, 5.74) is 19.5. The molecule has 6 N–H and O–H groups in total. The van der Waals surface area contributed by atoms with Crippen LogP contribution in [-0.4, -0.2) is 94.9 Å². The number of amides is 1. The fourth-order valence-electron chi connectivity index (χ4n) is 7.25. The van der Waals surface area contributed by atoms with Gasteiger partial charge in [0, 0.05) is 64.0 Å². The van der Waals surface area contributed by atoms with Crippen molar-refractivity contribution in [3.05, 3.63) is 83.4 Å². The summed E-state index contributed by atoms with van der Waals surface area (Å²) in [7, 11) is 3.69. The van der Waals surface area contributed by atoms with Crippen LogP contribution in [0.2, 0.25) is 0 Å². The molecule has 246 valence electrons. The van der Waals surface area contributed by atoms with Crippen molar-refractivity contribution >= 4 is 23.1 Å². The molecule has 7 rings (SSSR count). The lowest BCUT2D eigenvalue weighted by Crippen LogP contribution is -2.67. The molecule has 3 saturated heterocycles. The minimum atomic E-state index is 0.00177. The number of pyridine rings is 1. The van der Waals surface area contributed by atoms with Crippen LogP contribution in [0.1, 0.15) is 47.3 Å². The number of anilines is 2. The van der Waals surface area contributed by atoms with Crippen LogP contribution in [0.5, 0.6) is 0 Å². The number of carbonyl (C=O) groups excluding carboxylic acids is 1. The number of nitrogens with zero attached hydrogens (tertiary/aromatic N) is 7. The van der Waals surface area contributed by atoms with Gasteiger partial charge in [-0.3, -0.25) is 19.4 Å². The van der Waals surface area contributed by atoms with Crippen LogP contribution in [0.4, 0.5) is 11.4 Å². The van der Waals surface area contributed by atoms with Crippen LogP contribution in [0, 0.1) is 5.41 Å². The van der Waals surface area contributed by atoms with E-state index in [0.29, 0.717) is 17.9 Å². The van der Waals surface area contributed by atoms with Gasteiger partial charge in [-0.1, -0.05) is 25.1 Å². The lowest BCUT2D eigenvalue weighted by Gasteiger charge is -2.54. The summed E-state index contributed by atoms with van der Waals surface area (Å²) in [5.74, 6) is 0.281. The summed E-state index contributed by atoms with van der Waals surface area (Å²) in [5, 5.41) is 18.0. The molecule has 4 aliphatic rings. The van der Waals surface area contributed by atoms with Gasteiger partial charge in [-0.15, -0.1) is 0 Å². The Bertz CT molecular complexity index is 1780. The number of carbonyl (C=O) groups is 1. The van der Waals surface area contributed by atoms with Crippen molar-refractivity contribution in [3.8, 4) is 11.1 Å². The molecular weight excluding hydrogens is 596 g/mol. The molecule has 6 heterocycles. The highest BCUT2D eigenvalue weighted by molar-refractivity contribution is 5.95. The Labute approximate surface area is 274 Å². The Kier molecular flexibility index (Phi) is 7.88. The van der Waals surface area contributed by atoms with Crippen molar-refractivity contribution in [1.29, 1.82) is 0 Å². The number of amidine groups is 1. The minimum absolute atomic E-state index is 0.00177. The molecule has 4 aliphatic heterocycles. The molecule has 1 aromatic carbocycles. The molecule has 13 nitrogen and oxygen atoms in total. The van der Waals surface area contributed by atoms with Crippen molar-refractivity contribution in [3.63, 3.8) is 0 Å². The van der Waals surface area contributed by atoms with Gasteiger partial charge < -0.3 is 36.4 Å². The highest BCUT2D eigenvalue weighted by Gasteiger charge is 2.51. The number of aliphatic hydroxyl groups excluding tert-OH is 1. The lowest BCUT2D eigenvalue weighted by molar-refractivity contribution is -0.176. The van der Waals surface area contributed by atoms with E-state index in [-0.39, 0.29) is 34.9 Å². The van der Waals surface area contributed by atoms with Gasteiger partial charge in [-0.2, -0.15) is 5.10 Å². The molecule has 1 spiro atoms. The molecule has 1 amide bonds. The maximum absolute atomic E-state index is 13.0. The smallest absolute Gasteiger partial charge is 0.272 e. The van der Waals surface area contributed by atoms with Crippen molar-refractivity contribution < 1.29 is 14.6 Å². The molecule has 3 aromatic rings. The maximum Gasteiger partial charge on any atom is 0.272 e. The van der Waals surface area contributed by atoms with E-state index in [9.17, 15) is 9.90 Å². The largest absolute Gasteiger partial charge is 0.513 e. The van der Waals surface area contributed by atoms with E-state index in [1.165, 1.54) is 5.69 Å². The predicted molar refractivity (Wildman–Crippen MR) is 181 cm³/mol. The number of para-hydroxylation sites is 1. The molecule has 1 atom stereocenters. The third-order valence-corrected chi connectivity index (χ3v) is 9.80. The van der Waals surface area contributed by atoms with Crippen molar-refractivity contribution in [2.75, 3.05) is 63.7 Å². The summed E-state index contributed by atoms with van der Waals surface area (Å²) < 4.78 is 7.55. The van der Waals surface area contributed by atoms with E-state index in [2.05, 4.69) is 44.8 Å². The zero-order chi connectivity index (χ0) is 32.9. The van der Waals surface area contributed by atoms with E-state index < -0.39 is 0 Å². The van der Waals surface area contributed by atoms with E-state index >= 15 is 0 Å². The van der Waals surface area contributed by atoms with Gasteiger partial charge in [0.25, 0.3) is 5.91 Å². The van der Waals surface area contributed by atoms with Crippen LogP contribution >= 0.6 is 0 Å². The number of ether oxygens (including phenoxy) is 1. The van der Waals surface area contributed by atoms with Crippen molar-refractivity contribution in [2.24, 2.45) is 21.9 Å². The van der Waals surface area contributed by atoms with Crippen LogP contribution in [-0.2, 0) is 11.3 Å². The fraction of sp³-hybridized carbons (Fsp3) is 0.412. The number of rotatable bonds is 9. The fourth-order valence-corrected chi connectivity index (χ4v) is 7.25. The summed E-state index contributed by atoms with van der Waals surface area (Å²) in [4.78, 5) is 28.3. The molecule has 1 unspecified atom stereocenters. The molecule has 2 aromatic heterocycles. The number of nitrogens with one attached hydrogen (secondary N) is 1. The van der Waals surface area contributed by atoms with Gasteiger partial charge in [0.1, 0.15) is 17.8 Å². The zero-order valence-corrected chi connectivity index (χ0v) is 27.1. The Balaban J connectivity index is 1.08. The number of aromatic nitrogens is 3. The topological polar surface area (TPSA) is 163 Å². The summed E-state index contributed by atoms with van der Waals surface area (Å²) in [6.45, 7) is 7.58. The zero-order valence-electron chi connectivity index (χ0n) is 27.1. The minimum Gasteiger partial charge on any atom is -0.513 e. The van der Waals surface area contributed by atoms with E-state index in [1.54, 1.807) is 13.1 Å². The normalized spacial score (nSPS) is 21.1. The number of hydrogen-bond acceptors (Lipinski definition) is 10.